The van der Waals surface area contributed by atoms with Crippen LogP contribution in [0.2, 0.25) is 0 Å². The first-order chi connectivity index (χ1) is 8.45. The Labute approximate surface area is 108 Å². The van der Waals surface area contributed by atoms with Gasteiger partial charge in [-0.3, -0.25) is 9.89 Å². The van der Waals surface area contributed by atoms with Crippen molar-refractivity contribution in [1.82, 2.24) is 15.1 Å². The van der Waals surface area contributed by atoms with Gasteiger partial charge in [-0.05, 0) is 18.4 Å². The van der Waals surface area contributed by atoms with Crippen molar-refractivity contribution in [3.05, 3.63) is 17.5 Å². The number of hydrogen-bond donors (Lipinski definition) is 2. The standard InChI is InChI=1S/C13H23N3O2/c1-5-6-10-7-11(15-14-10)8-16(4)13(18)12(17)9(2)3/h7,9,12,17H,5-6,8H2,1-4H3,(H,14,15)/t12-/m0/s1. The SMILES string of the molecule is CCCc1cc(CN(C)C(=O)[C@@H](O)C(C)C)[nH]n1. The highest BCUT2D eigenvalue weighted by Crippen LogP contribution is 2.09. The van der Waals surface area contributed by atoms with Gasteiger partial charge in [0.05, 0.1) is 17.9 Å². The molecule has 0 saturated heterocycles. The maximum atomic E-state index is 11.9. The van der Waals surface area contributed by atoms with E-state index in [0.29, 0.717) is 6.54 Å². The van der Waals surface area contributed by atoms with Crippen molar-refractivity contribution in [1.29, 1.82) is 0 Å². The summed E-state index contributed by atoms with van der Waals surface area (Å²) in [7, 11) is 1.69. The van der Waals surface area contributed by atoms with Crippen molar-refractivity contribution in [2.45, 2.75) is 46.3 Å². The van der Waals surface area contributed by atoms with Gasteiger partial charge in [-0.2, -0.15) is 5.10 Å². The molecule has 1 aromatic rings. The van der Waals surface area contributed by atoms with E-state index in [9.17, 15) is 9.90 Å². The minimum Gasteiger partial charge on any atom is -0.383 e. The number of likely N-dealkylation sites (N-methyl/N-ethyl adjacent to an activating group) is 1. The fourth-order valence-electron chi connectivity index (χ4n) is 1.72. The molecular formula is C13H23N3O2. The van der Waals surface area contributed by atoms with Gasteiger partial charge >= 0.3 is 0 Å². The molecule has 0 aliphatic rings. The molecule has 5 heteroatoms. The Kier molecular flexibility index (Phi) is 5.34. The van der Waals surface area contributed by atoms with E-state index in [4.69, 9.17) is 0 Å². The van der Waals surface area contributed by atoms with Crippen molar-refractivity contribution in [3.8, 4) is 0 Å². The van der Waals surface area contributed by atoms with Crippen LogP contribution in [0.15, 0.2) is 6.07 Å². The maximum absolute atomic E-state index is 11.9. The van der Waals surface area contributed by atoms with Gasteiger partial charge in [-0.15, -0.1) is 0 Å². The number of aromatic nitrogens is 2. The second kappa shape index (κ2) is 6.54. The van der Waals surface area contributed by atoms with Gasteiger partial charge in [0.15, 0.2) is 0 Å². The molecule has 0 saturated carbocycles. The summed E-state index contributed by atoms with van der Waals surface area (Å²) in [6.45, 7) is 6.19. The first-order valence-corrected chi connectivity index (χ1v) is 6.41. The van der Waals surface area contributed by atoms with Crippen LogP contribution in [0.25, 0.3) is 0 Å². The summed E-state index contributed by atoms with van der Waals surface area (Å²) < 4.78 is 0. The van der Waals surface area contributed by atoms with Gasteiger partial charge in [0.2, 0.25) is 0 Å². The third kappa shape index (κ3) is 3.84. The Morgan fingerprint density at radius 2 is 2.22 bits per heavy atom. The lowest BCUT2D eigenvalue weighted by Crippen LogP contribution is -2.38. The van der Waals surface area contributed by atoms with Crippen LogP contribution in [0, 0.1) is 5.92 Å². The van der Waals surface area contributed by atoms with Crippen molar-refractivity contribution in [3.63, 3.8) is 0 Å². The highest BCUT2D eigenvalue weighted by atomic mass is 16.3. The van der Waals surface area contributed by atoms with Crippen LogP contribution in [0.1, 0.15) is 38.6 Å². The quantitative estimate of drug-likeness (QED) is 0.803. The second-order valence-corrected chi connectivity index (χ2v) is 5.02. The number of carbonyl (C=O) groups is 1. The summed E-state index contributed by atoms with van der Waals surface area (Å²) in [4.78, 5) is 13.4. The van der Waals surface area contributed by atoms with E-state index in [2.05, 4.69) is 17.1 Å². The molecule has 0 unspecified atom stereocenters. The van der Waals surface area contributed by atoms with Gasteiger partial charge in [0.1, 0.15) is 6.10 Å². The zero-order valence-electron chi connectivity index (χ0n) is 11.6. The first-order valence-electron chi connectivity index (χ1n) is 6.41. The van der Waals surface area contributed by atoms with E-state index < -0.39 is 6.10 Å². The minimum absolute atomic E-state index is 0.0719. The predicted octanol–water partition coefficient (Wildman–Crippen LogP) is 1.34. The zero-order valence-corrected chi connectivity index (χ0v) is 11.6. The predicted molar refractivity (Wildman–Crippen MR) is 69.9 cm³/mol. The van der Waals surface area contributed by atoms with Gasteiger partial charge in [-0.25, -0.2) is 0 Å². The van der Waals surface area contributed by atoms with Gasteiger partial charge in [-0.1, -0.05) is 27.2 Å². The smallest absolute Gasteiger partial charge is 0.251 e. The Morgan fingerprint density at radius 1 is 1.56 bits per heavy atom. The molecule has 0 aromatic carbocycles. The number of aliphatic hydroxyl groups is 1. The maximum Gasteiger partial charge on any atom is 0.251 e. The van der Waals surface area contributed by atoms with Gasteiger partial charge < -0.3 is 10.0 Å². The summed E-state index contributed by atoms with van der Waals surface area (Å²) in [6, 6.07) is 1.97. The summed E-state index contributed by atoms with van der Waals surface area (Å²) in [5, 5.41) is 16.8. The van der Waals surface area contributed by atoms with Crippen molar-refractivity contribution in [2.24, 2.45) is 5.92 Å². The molecule has 1 aromatic heterocycles. The molecule has 1 atom stereocenters. The Balaban J connectivity index is 2.57. The van der Waals surface area contributed by atoms with Crippen molar-refractivity contribution < 1.29 is 9.90 Å². The lowest BCUT2D eigenvalue weighted by Gasteiger charge is -2.21. The van der Waals surface area contributed by atoms with Crippen LogP contribution in [0.3, 0.4) is 0 Å². The molecule has 0 radical (unpaired) electrons. The molecule has 1 rings (SSSR count). The van der Waals surface area contributed by atoms with Crippen LogP contribution in [-0.2, 0) is 17.8 Å². The van der Waals surface area contributed by atoms with E-state index in [1.54, 1.807) is 7.05 Å². The van der Waals surface area contributed by atoms with E-state index >= 15 is 0 Å². The molecular weight excluding hydrogens is 230 g/mol. The third-order valence-corrected chi connectivity index (χ3v) is 2.86. The molecule has 1 amide bonds. The Morgan fingerprint density at radius 3 is 2.78 bits per heavy atom. The molecule has 0 bridgehead atoms. The Hall–Kier alpha value is -1.36. The molecule has 0 fully saturated rings. The molecule has 5 nitrogen and oxygen atoms in total. The molecule has 102 valence electrons. The minimum atomic E-state index is -0.937. The number of rotatable bonds is 6. The fourth-order valence-corrected chi connectivity index (χ4v) is 1.72. The van der Waals surface area contributed by atoms with E-state index in [1.165, 1.54) is 4.90 Å². The molecule has 1 heterocycles. The van der Waals surface area contributed by atoms with Crippen LogP contribution >= 0.6 is 0 Å². The number of hydrogen-bond acceptors (Lipinski definition) is 3. The second-order valence-electron chi connectivity index (χ2n) is 5.02. The summed E-state index contributed by atoms with van der Waals surface area (Å²) in [5.74, 6) is -0.325. The van der Waals surface area contributed by atoms with Crippen molar-refractivity contribution in [2.75, 3.05) is 7.05 Å². The van der Waals surface area contributed by atoms with E-state index in [0.717, 1.165) is 24.2 Å². The summed E-state index contributed by atoms with van der Waals surface area (Å²) >= 11 is 0. The molecule has 0 spiro atoms. The highest BCUT2D eigenvalue weighted by Gasteiger charge is 2.22. The fraction of sp³-hybridized carbons (Fsp3) is 0.692. The van der Waals surface area contributed by atoms with Crippen LogP contribution in [0.4, 0.5) is 0 Å². The summed E-state index contributed by atoms with van der Waals surface area (Å²) in [5.41, 5.74) is 1.91. The lowest BCUT2D eigenvalue weighted by atomic mass is 10.1. The number of carbonyl (C=O) groups excluding carboxylic acids is 1. The van der Waals surface area contributed by atoms with E-state index in [-0.39, 0.29) is 11.8 Å². The average Bonchev–Trinajstić information content (AvgIpc) is 2.75. The number of amides is 1. The van der Waals surface area contributed by atoms with Crippen LogP contribution in [-0.4, -0.2) is 39.3 Å². The zero-order chi connectivity index (χ0) is 13.7. The van der Waals surface area contributed by atoms with Gasteiger partial charge in [0, 0.05) is 7.05 Å². The van der Waals surface area contributed by atoms with E-state index in [1.807, 2.05) is 19.9 Å². The highest BCUT2D eigenvalue weighted by molar-refractivity contribution is 5.80. The number of aliphatic hydroxyl groups excluding tert-OH is 1. The number of nitrogens with one attached hydrogen (secondary N) is 1. The molecule has 0 aliphatic heterocycles. The third-order valence-electron chi connectivity index (χ3n) is 2.86. The molecule has 0 aliphatic carbocycles. The normalized spacial score (nSPS) is 12.8. The lowest BCUT2D eigenvalue weighted by molar-refractivity contribution is -0.141. The molecule has 2 N–H and O–H groups in total. The number of aromatic amines is 1. The van der Waals surface area contributed by atoms with Crippen LogP contribution in [0.5, 0.6) is 0 Å². The Bertz CT molecular complexity index is 387. The molecule has 18 heavy (non-hydrogen) atoms. The number of nitrogens with zero attached hydrogens (tertiary/aromatic N) is 2. The average molecular weight is 253 g/mol. The summed E-state index contributed by atoms with van der Waals surface area (Å²) in [6.07, 6.45) is 1.04. The largest absolute Gasteiger partial charge is 0.383 e. The van der Waals surface area contributed by atoms with Crippen LogP contribution < -0.4 is 0 Å². The van der Waals surface area contributed by atoms with Crippen molar-refractivity contribution >= 4 is 5.91 Å². The topological polar surface area (TPSA) is 69.2 Å². The first kappa shape index (κ1) is 14.7. The van der Waals surface area contributed by atoms with Gasteiger partial charge in [0.25, 0.3) is 5.91 Å². The number of aryl methyl sites for hydroxylation is 1. The monoisotopic (exact) mass is 253 g/mol. The number of H-pyrrole nitrogens is 1.